The summed E-state index contributed by atoms with van der Waals surface area (Å²) in [6.07, 6.45) is 3.13. The Balaban J connectivity index is 4.48. The SMILES string of the molecule is CSCCC(NC(=O)NC(C)(C)CC(C)(C)C)C(=O)O. The lowest BCUT2D eigenvalue weighted by molar-refractivity contribution is -0.139. The molecule has 0 aliphatic rings. The molecule has 1 unspecified atom stereocenters. The molecule has 5 nitrogen and oxygen atoms in total. The number of rotatable bonds is 7. The molecule has 0 aromatic rings. The topological polar surface area (TPSA) is 78.4 Å². The Hall–Kier alpha value is -0.910. The van der Waals surface area contributed by atoms with Crippen LogP contribution in [0.5, 0.6) is 0 Å². The van der Waals surface area contributed by atoms with Crippen molar-refractivity contribution in [2.45, 2.75) is 59.0 Å². The van der Waals surface area contributed by atoms with Crippen LogP contribution in [0.4, 0.5) is 4.79 Å². The first-order chi connectivity index (χ1) is 8.97. The Morgan fingerprint density at radius 1 is 1.20 bits per heavy atom. The highest BCUT2D eigenvalue weighted by atomic mass is 32.2. The summed E-state index contributed by atoms with van der Waals surface area (Å²) in [6.45, 7) is 10.2. The fourth-order valence-electron chi connectivity index (χ4n) is 2.36. The lowest BCUT2D eigenvalue weighted by atomic mass is 9.82. The lowest BCUT2D eigenvalue weighted by Gasteiger charge is -2.33. The summed E-state index contributed by atoms with van der Waals surface area (Å²) in [5.74, 6) is -0.300. The van der Waals surface area contributed by atoms with Crippen molar-refractivity contribution in [2.24, 2.45) is 5.41 Å². The molecule has 0 aromatic heterocycles. The van der Waals surface area contributed by atoms with E-state index in [4.69, 9.17) is 5.11 Å². The van der Waals surface area contributed by atoms with Gasteiger partial charge in [-0.1, -0.05) is 20.8 Å². The molecule has 0 spiro atoms. The Morgan fingerprint density at radius 3 is 2.15 bits per heavy atom. The van der Waals surface area contributed by atoms with E-state index >= 15 is 0 Å². The third kappa shape index (κ3) is 9.07. The average Bonchev–Trinajstić information content (AvgIpc) is 2.18. The van der Waals surface area contributed by atoms with Crippen LogP contribution in [-0.2, 0) is 4.79 Å². The van der Waals surface area contributed by atoms with Gasteiger partial charge in [0.25, 0.3) is 0 Å². The Morgan fingerprint density at radius 2 is 1.75 bits per heavy atom. The molecule has 118 valence electrons. The summed E-state index contributed by atoms with van der Waals surface area (Å²) in [5, 5.41) is 14.5. The van der Waals surface area contributed by atoms with E-state index in [9.17, 15) is 9.59 Å². The van der Waals surface area contributed by atoms with E-state index in [2.05, 4.69) is 31.4 Å². The van der Waals surface area contributed by atoms with Crippen LogP contribution in [0.25, 0.3) is 0 Å². The highest BCUT2D eigenvalue weighted by Crippen LogP contribution is 2.26. The maximum atomic E-state index is 11.9. The number of hydrogen-bond donors (Lipinski definition) is 3. The predicted molar refractivity (Wildman–Crippen MR) is 84.2 cm³/mol. The molecule has 0 rings (SSSR count). The molecule has 0 bridgehead atoms. The van der Waals surface area contributed by atoms with Crippen LogP contribution in [0.2, 0.25) is 0 Å². The maximum absolute atomic E-state index is 11.9. The minimum atomic E-state index is -0.997. The number of urea groups is 1. The van der Waals surface area contributed by atoms with Crippen LogP contribution < -0.4 is 10.6 Å². The largest absolute Gasteiger partial charge is 0.480 e. The number of hydrogen-bond acceptors (Lipinski definition) is 3. The smallest absolute Gasteiger partial charge is 0.326 e. The first-order valence-electron chi connectivity index (χ1n) is 6.77. The minimum absolute atomic E-state index is 0.0851. The normalized spacial score (nSPS) is 13.7. The molecule has 0 aromatic carbocycles. The van der Waals surface area contributed by atoms with Crippen molar-refractivity contribution in [3.8, 4) is 0 Å². The van der Waals surface area contributed by atoms with Gasteiger partial charge in [0, 0.05) is 5.54 Å². The first kappa shape index (κ1) is 19.1. The van der Waals surface area contributed by atoms with Gasteiger partial charge in [-0.3, -0.25) is 0 Å². The number of carbonyl (C=O) groups is 2. The molecule has 0 heterocycles. The molecule has 0 aliphatic carbocycles. The molecule has 0 saturated carbocycles. The van der Waals surface area contributed by atoms with Gasteiger partial charge in [0.05, 0.1) is 0 Å². The zero-order chi connectivity index (χ0) is 16.0. The number of carbonyl (C=O) groups excluding carboxylic acids is 1. The van der Waals surface area contributed by atoms with Gasteiger partial charge in [0.15, 0.2) is 0 Å². The molecule has 0 aliphatic heterocycles. The van der Waals surface area contributed by atoms with E-state index in [0.717, 1.165) is 6.42 Å². The van der Waals surface area contributed by atoms with Gasteiger partial charge in [-0.05, 0) is 44.1 Å². The van der Waals surface area contributed by atoms with Gasteiger partial charge >= 0.3 is 12.0 Å². The number of thioether (sulfide) groups is 1. The second-order valence-corrected chi connectivity index (χ2v) is 7.88. The Bertz CT molecular complexity index is 338. The van der Waals surface area contributed by atoms with Crippen LogP contribution in [0.3, 0.4) is 0 Å². The van der Waals surface area contributed by atoms with E-state index in [1.165, 1.54) is 0 Å². The van der Waals surface area contributed by atoms with E-state index < -0.39 is 18.0 Å². The van der Waals surface area contributed by atoms with E-state index in [0.29, 0.717) is 12.2 Å². The van der Waals surface area contributed by atoms with Crippen LogP contribution in [-0.4, -0.2) is 40.7 Å². The molecule has 1 atom stereocenters. The van der Waals surface area contributed by atoms with Gasteiger partial charge < -0.3 is 15.7 Å². The molecule has 0 saturated heterocycles. The predicted octanol–water partition coefficient (Wildman–Crippen LogP) is 2.71. The van der Waals surface area contributed by atoms with Gasteiger partial charge in [-0.2, -0.15) is 11.8 Å². The lowest BCUT2D eigenvalue weighted by Crippen LogP contribution is -2.53. The van der Waals surface area contributed by atoms with Crippen LogP contribution in [0.1, 0.15) is 47.5 Å². The zero-order valence-electron chi connectivity index (χ0n) is 13.4. The average molecular weight is 304 g/mol. The van der Waals surface area contributed by atoms with Crippen molar-refractivity contribution in [1.29, 1.82) is 0 Å². The van der Waals surface area contributed by atoms with Crippen molar-refractivity contribution < 1.29 is 14.7 Å². The fraction of sp³-hybridized carbons (Fsp3) is 0.857. The Labute approximate surface area is 126 Å². The summed E-state index contributed by atoms with van der Waals surface area (Å²) in [6, 6.07) is -1.26. The fourth-order valence-corrected chi connectivity index (χ4v) is 2.84. The third-order valence-corrected chi connectivity index (χ3v) is 3.28. The highest BCUT2D eigenvalue weighted by Gasteiger charge is 2.28. The summed E-state index contributed by atoms with van der Waals surface area (Å²) in [4.78, 5) is 23.0. The monoisotopic (exact) mass is 304 g/mol. The number of carboxylic acid groups (broad SMARTS) is 1. The van der Waals surface area contributed by atoms with E-state index in [1.807, 2.05) is 20.1 Å². The summed E-state index contributed by atoms with van der Waals surface area (Å²) < 4.78 is 0. The molecule has 3 N–H and O–H groups in total. The molecule has 0 fully saturated rings. The van der Waals surface area contributed by atoms with Crippen molar-refractivity contribution in [2.75, 3.05) is 12.0 Å². The molecular formula is C14H28N2O3S. The van der Waals surface area contributed by atoms with E-state index in [1.54, 1.807) is 11.8 Å². The third-order valence-electron chi connectivity index (χ3n) is 2.64. The molecule has 2 amide bonds. The van der Waals surface area contributed by atoms with Crippen molar-refractivity contribution in [3.63, 3.8) is 0 Å². The number of nitrogens with one attached hydrogen (secondary N) is 2. The van der Waals surface area contributed by atoms with E-state index in [-0.39, 0.29) is 11.0 Å². The van der Waals surface area contributed by atoms with Gasteiger partial charge in [-0.25, -0.2) is 9.59 Å². The molecule has 20 heavy (non-hydrogen) atoms. The summed E-state index contributed by atoms with van der Waals surface area (Å²) in [7, 11) is 0. The summed E-state index contributed by atoms with van der Waals surface area (Å²) in [5.41, 5.74) is -0.299. The Kier molecular flexibility index (Phi) is 7.41. The first-order valence-corrected chi connectivity index (χ1v) is 8.17. The van der Waals surface area contributed by atoms with Crippen LogP contribution in [0.15, 0.2) is 0 Å². The molecular weight excluding hydrogens is 276 g/mol. The zero-order valence-corrected chi connectivity index (χ0v) is 14.2. The second-order valence-electron chi connectivity index (χ2n) is 6.89. The van der Waals surface area contributed by atoms with Crippen molar-refractivity contribution in [3.05, 3.63) is 0 Å². The quantitative estimate of drug-likeness (QED) is 0.676. The number of aliphatic carboxylic acids is 1. The standard InChI is InChI=1S/C14H28N2O3S/c1-13(2,3)9-14(4,5)16-12(19)15-10(11(17)18)7-8-20-6/h10H,7-9H2,1-6H3,(H,17,18)(H2,15,16,19). The number of amides is 2. The number of carboxylic acids is 1. The van der Waals surface area contributed by atoms with Gasteiger partial charge in [0.2, 0.25) is 0 Å². The van der Waals surface area contributed by atoms with Crippen molar-refractivity contribution >= 4 is 23.8 Å². The van der Waals surface area contributed by atoms with Gasteiger partial charge in [-0.15, -0.1) is 0 Å². The minimum Gasteiger partial charge on any atom is -0.480 e. The molecule has 6 heteroatoms. The van der Waals surface area contributed by atoms with Crippen molar-refractivity contribution in [1.82, 2.24) is 10.6 Å². The van der Waals surface area contributed by atoms with Crippen LogP contribution in [0, 0.1) is 5.41 Å². The summed E-state index contributed by atoms with van der Waals surface area (Å²) >= 11 is 1.56. The second kappa shape index (κ2) is 7.76. The highest BCUT2D eigenvalue weighted by molar-refractivity contribution is 7.98. The maximum Gasteiger partial charge on any atom is 0.326 e. The van der Waals surface area contributed by atoms with Crippen LogP contribution >= 0.6 is 11.8 Å². The molecule has 0 radical (unpaired) electrons. The van der Waals surface area contributed by atoms with Gasteiger partial charge in [0.1, 0.15) is 6.04 Å².